The zero-order chi connectivity index (χ0) is 14.4. The van der Waals surface area contributed by atoms with Gasteiger partial charge >= 0.3 is 6.03 Å². The zero-order valence-corrected chi connectivity index (χ0v) is 12.2. The minimum absolute atomic E-state index is 0.00343. The Morgan fingerprint density at radius 2 is 2.10 bits per heavy atom. The minimum Gasteiger partial charge on any atom is -0.492 e. The fourth-order valence-corrected chi connectivity index (χ4v) is 2.02. The molecule has 20 heavy (non-hydrogen) atoms. The van der Waals surface area contributed by atoms with Crippen molar-refractivity contribution in [2.24, 2.45) is 0 Å². The lowest BCUT2D eigenvalue weighted by Gasteiger charge is -2.14. The summed E-state index contributed by atoms with van der Waals surface area (Å²) in [7, 11) is 0. The van der Waals surface area contributed by atoms with Crippen LogP contribution >= 0.6 is 0 Å². The van der Waals surface area contributed by atoms with E-state index in [9.17, 15) is 4.79 Å². The van der Waals surface area contributed by atoms with E-state index in [0.717, 1.165) is 25.4 Å². The minimum atomic E-state index is 0.00343. The molecule has 1 aromatic rings. The van der Waals surface area contributed by atoms with Crippen LogP contribution in [0.5, 0.6) is 5.75 Å². The van der Waals surface area contributed by atoms with Crippen molar-refractivity contribution >= 4 is 6.03 Å². The summed E-state index contributed by atoms with van der Waals surface area (Å²) >= 11 is 0. The molecule has 1 aromatic carbocycles. The molecule has 0 unspecified atom stereocenters. The van der Waals surface area contributed by atoms with E-state index >= 15 is 0 Å². The number of carbonyl (C=O) groups is 1. The van der Waals surface area contributed by atoms with Crippen molar-refractivity contribution in [2.75, 3.05) is 26.2 Å². The molecule has 2 rings (SSSR count). The molecule has 2 amide bonds. The standard InChI is InChI=1S/C15H23N3O2/c1-12(2)17-11-13-3-5-14(6-4-13)20-10-9-18-8-7-16-15(18)19/h3-6,12,17H,7-11H2,1-2H3,(H,16,19). The number of nitrogens with zero attached hydrogens (tertiary/aromatic N) is 1. The first-order valence-corrected chi connectivity index (χ1v) is 7.13. The number of benzene rings is 1. The number of hydrogen-bond acceptors (Lipinski definition) is 3. The van der Waals surface area contributed by atoms with Crippen molar-refractivity contribution in [3.05, 3.63) is 29.8 Å². The predicted octanol–water partition coefficient (Wildman–Crippen LogP) is 1.59. The maximum atomic E-state index is 11.3. The van der Waals surface area contributed by atoms with E-state index in [1.165, 1.54) is 5.56 Å². The molecule has 5 heteroatoms. The van der Waals surface area contributed by atoms with E-state index in [1.54, 1.807) is 4.90 Å². The molecule has 0 aliphatic carbocycles. The Hall–Kier alpha value is -1.75. The molecule has 0 atom stereocenters. The van der Waals surface area contributed by atoms with E-state index in [-0.39, 0.29) is 6.03 Å². The number of nitrogens with one attached hydrogen (secondary N) is 2. The molecule has 0 radical (unpaired) electrons. The molecule has 0 saturated carbocycles. The van der Waals surface area contributed by atoms with Gasteiger partial charge < -0.3 is 20.3 Å². The molecule has 0 bridgehead atoms. The molecule has 5 nitrogen and oxygen atoms in total. The van der Waals surface area contributed by atoms with Gasteiger partial charge in [-0.2, -0.15) is 0 Å². The van der Waals surface area contributed by atoms with Gasteiger partial charge in [-0.3, -0.25) is 0 Å². The maximum Gasteiger partial charge on any atom is 0.317 e. The lowest BCUT2D eigenvalue weighted by Crippen LogP contribution is -2.31. The van der Waals surface area contributed by atoms with Crippen LogP contribution in [0.3, 0.4) is 0 Å². The summed E-state index contributed by atoms with van der Waals surface area (Å²) in [5, 5.41) is 6.15. The van der Waals surface area contributed by atoms with Crippen LogP contribution in [-0.2, 0) is 6.54 Å². The van der Waals surface area contributed by atoms with Crippen LogP contribution in [0.2, 0.25) is 0 Å². The maximum absolute atomic E-state index is 11.3. The van der Waals surface area contributed by atoms with Crippen molar-refractivity contribution in [3.8, 4) is 5.75 Å². The van der Waals surface area contributed by atoms with Gasteiger partial charge in [0.25, 0.3) is 0 Å². The number of amides is 2. The van der Waals surface area contributed by atoms with Crippen molar-refractivity contribution in [2.45, 2.75) is 26.4 Å². The zero-order valence-electron chi connectivity index (χ0n) is 12.2. The summed E-state index contributed by atoms with van der Waals surface area (Å²) in [5.41, 5.74) is 1.24. The average molecular weight is 277 g/mol. The van der Waals surface area contributed by atoms with Gasteiger partial charge in [-0.05, 0) is 17.7 Å². The number of rotatable bonds is 7. The lowest BCUT2D eigenvalue weighted by atomic mass is 10.2. The topological polar surface area (TPSA) is 53.6 Å². The summed E-state index contributed by atoms with van der Waals surface area (Å²) in [6.07, 6.45) is 0. The Morgan fingerprint density at radius 3 is 2.70 bits per heavy atom. The number of hydrogen-bond donors (Lipinski definition) is 2. The second-order valence-electron chi connectivity index (χ2n) is 5.25. The largest absolute Gasteiger partial charge is 0.492 e. The lowest BCUT2D eigenvalue weighted by molar-refractivity contribution is 0.202. The van der Waals surface area contributed by atoms with E-state index in [2.05, 4.69) is 36.6 Å². The molecule has 1 fully saturated rings. The quantitative estimate of drug-likeness (QED) is 0.796. The average Bonchev–Trinajstić information content (AvgIpc) is 2.83. The van der Waals surface area contributed by atoms with E-state index in [0.29, 0.717) is 19.2 Å². The van der Waals surface area contributed by atoms with Crippen molar-refractivity contribution in [1.29, 1.82) is 0 Å². The molecule has 0 spiro atoms. The van der Waals surface area contributed by atoms with Gasteiger partial charge in [-0.15, -0.1) is 0 Å². The Kier molecular flexibility index (Phi) is 5.24. The normalized spacial score (nSPS) is 14.8. The Bertz CT molecular complexity index is 431. The van der Waals surface area contributed by atoms with Crippen LogP contribution in [0.1, 0.15) is 19.4 Å². The second-order valence-corrected chi connectivity index (χ2v) is 5.25. The smallest absolute Gasteiger partial charge is 0.317 e. The molecular formula is C15H23N3O2. The molecule has 1 heterocycles. The van der Waals surface area contributed by atoms with Gasteiger partial charge in [0, 0.05) is 25.7 Å². The van der Waals surface area contributed by atoms with Crippen molar-refractivity contribution in [3.63, 3.8) is 0 Å². The van der Waals surface area contributed by atoms with E-state index in [1.807, 2.05) is 12.1 Å². The summed E-state index contributed by atoms with van der Waals surface area (Å²) in [6.45, 7) is 7.78. The molecule has 110 valence electrons. The first-order valence-electron chi connectivity index (χ1n) is 7.13. The van der Waals surface area contributed by atoms with Gasteiger partial charge in [0.15, 0.2) is 0 Å². The molecule has 2 N–H and O–H groups in total. The number of carbonyl (C=O) groups excluding carboxylic acids is 1. The Balaban J connectivity index is 1.72. The Morgan fingerprint density at radius 1 is 1.35 bits per heavy atom. The monoisotopic (exact) mass is 277 g/mol. The molecule has 1 saturated heterocycles. The van der Waals surface area contributed by atoms with Crippen LogP contribution in [0.25, 0.3) is 0 Å². The van der Waals surface area contributed by atoms with Crippen LogP contribution < -0.4 is 15.4 Å². The highest BCUT2D eigenvalue weighted by molar-refractivity contribution is 5.76. The van der Waals surface area contributed by atoms with Crippen LogP contribution in [0.15, 0.2) is 24.3 Å². The van der Waals surface area contributed by atoms with E-state index < -0.39 is 0 Å². The highest BCUT2D eigenvalue weighted by Crippen LogP contribution is 2.12. The highest BCUT2D eigenvalue weighted by Gasteiger charge is 2.18. The van der Waals surface area contributed by atoms with Crippen molar-refractivity contribution < 1.29 is 9.53 Å². The molecule has 1 aliphatic rings. The SMILES string of the molecule is CC(C)NCc1ccc(OCCN2CCNC2=O)cc1. The van der Waals surface area contributed by atoms with Crippen LogP contribution in [-0.4, -0.2) is 43.2 Å². The van der Waals surface area contributed by atoms with Crippen LogP contribution in [0.4, 0.5) is 4.79 Å². The van der Waals surface area contributed by atoms with Gasteiger partial charge in [0.05, 0.1) is 6.54 Å². The van der Waals surface area contributed by atoms with Gasteiger partial charge in [-0.1, -0.05) is 26.0 Å². The van der Waals surface area contributed by atoms with Gasteiger partial charge in [0.1, 0.15) is 12.4 Å². The van der Waals surface area contributed by atoms with E-state index in [4.69, 9.17) is 4.74 Å². The molecular weight excluding hydrogens is 254 g/mol. The second kappa shape index (κ2) is 7.14. The Labute approximate surface area is 120 Å². The number of urea groups is 1. The summed E-state index contributed by atoms with van der Waals surface area (Å²) in [4.78, 5) is 13.1. The first kappa shape index (κ1) is 14.7. The molecule has 1 aliphatic heterocycles. The number of ether oxygens (including phenoxy) is 1. The fraction of sp³-hybridized carbons (Fsp3) is 0.533. The third-order valence-corrected chi connectivity index (χ3v) is 3.21. The van der Waals surface area contributed by atoms with Gasteiger partial charge in [-0.25, -0.2) is 4.79 Å². The fourth-order valence-electron chi connectivity index (χ4n) is 2.02. The predicted molar refractivity (Wildman–Crippen MR) is 78.9 cm³/mol. The molecule has 0 aromatic heterocycles. The van der Waals surface area contributed by atoms with Crippen molar-refractivity contribution in [1.82, 2.24) is 15.5 Å². The highest BCUT2D eigenvalue weighted by atomic mass is 16.5. The van der Waals surface area contributed by atoms with Gasteiger partial charge in [0.2, 0.25) is 0 Å². The third kappa shape index (κ3) is 4.42. The third-order valence-electron chi connectivity index (χ3n) is 3.21. The van der Waals surface area contributed by atoms with Crippen LogP contribution in [0, 0.1) is 0 Å². The summed E-state index contributed by atoms with van der Waals surface area (Å²) in [5.74, 6) is 0.845. The summed E-state index contributed by atoms with van der Waals surface area (Å²) in [6, 6.07) is 8.56. The first-order chi connectivity index (χ1) is 9.65. The summed E-state index contributed by atoms with van der Waals surface area (Å²) < 4.78 is 5.65.